The largest absolute Gasteiger partial charge is 0.381 e. The summed E-state index contributed by atoms with van der Waals surface area (Å²) in [6, 6.07) is 2.44. The molecule has 1 aromatic rings. The smallest absolute Gasteiger partial charge is 0.0624 e. The lowest BCUT2D eigenvalue weighted by atomic mass is 9.95. The van der Waals surface area contributed by atoms with Crippen LogP contribution in [-0.4, -0.2) is 29.0 Å². The van der Waals surface area contributed by atoms with Gasteiger partial charge in [0.05, 0.1) is 12.3 Å². The number of aromatic nitrogens is 2. The summed E-state index contributed by atoms with van der Waals surface area (Å²) >= 11 is 0. The Morgan fingerprint density at radius 3 is 3.06 bits per heavy atom. The van der Waals surface area contributed by atoms with Gasteiger partial charge < -0.3 is 4.74 Å². The van der Waals surface area contributed by atoms with E-state index in [1.165, 1.54) is 5.69 Å². The van der Waals surface area contributed by atoms with Gasteiger partial charge >= 0.3 is 0 Å². The summed E-state index contributed by atoms with van der Waals surface area (Å²) in [5, 5.41) is 4.46. The van der Waals surface area contributed by atoms with Gasteiger partial charge in [-0.15, -0.1) is 0 Å². The molecule has 5 heteroatoms. The molecule has 1 aromatic heterocycles. The highest BCUT2D eigenvalue weighted by Gasteiger charge is 2.25. The minimum Gasteiger partial charge on any atom is -0.381 e. The molecule has 0 bridgehead atoms. The lowest BCUT2D eigenvalue weighted by Crippen LogP contribution is -2.43. The van der Waals surface area contributed by atoms with Gasteiger partial charge in [0.15, 0.2) is 0 Å². The average Bonchev–Trinajstić information content (AvgIpc) is 2.96. The number of hydrogen-bond acceptors (Lipinski definition) is 4. The number of ether oxygens (including phenoxy) is 1. The van der Waals surface area contributed by atoms with Crippen LogP contribution in [0.1, 0.15) is 24.7 Å². The van der Waals surface area contributed by atoms with Crippen molar-refractivity contribution in [2.24, 2.45) is 18.8 Å². The molecule has 96 valence electrons. The SMILES string of the molecule is CCc1cc(CC(NN)C2CCOC2)n(C)n1. The Morgan fingerprint density at radius 1 is 1.71 bits per heavy atom. The summed E-state index contributed by atoms with van der Waals surface area (Å²) < 4.78 is 7.37. The number of rotatable bonds is 5. The van der Waals surface area contributed by atoms with Gasteiger partial charge in [0.1, 0.15) is 0 Å². The van der Waals surface area contributed by atoms with Gasteiger partial charge in [-0.3, -0.25) is 16.0 Å². The van der Waals surface area contributed by atoms with Crippen molar-refractivity contribution in [3.8, 4) is 0 Å². The molecule has 0 aromatic carbocycles. The fraction of sp³-hybridized carbons (Fsp3) is 0.750. The molecule has 0 saturated carbocycles. The van der Waals surface area contributed by atoms with E-state index in [1.807, 2.05) is 11.7 Å². The molecular formula is C12H22N4O. The molecule has 1 fully saturated rings. The Balaban J connectivity index is 2.03. The highest BCUT2D eigenvalue weighted by Crippen LogP contribution is 2.19. The maximum Gasteiger partial charge on any atom is 0.0624 e. The van der Waals surface area contributed by atoms with Crippen LogP contribution in [0.4, 0.5) is 0 Å². The monoisotopic (exact) mass is 238 g/mol. The topological polar surface area (TPSA) is 65.1 Å². The van der Waals surface area contributed by atoms with Crippen LogP contribution in [0.3, 0.4) is 0 Å². The second kappa shape index (κ2) is 5.62. The summed E-state index contributed by atoms with van der Waals surface area (Å²) in [6.45, 7) is 3.79. The molecule has 2 heterocycles. The van der Waals surface area contributed by atoms with E-state index in [0.717, 1.165) is 38.2 Å². The molecule has 17 heavy (non-hydrogen) atoms. The Hall–Kier alpha value is -0.910. The third-order valence-corrected chi connectivity index (χ3v) is 3.57. The second-order valence-corrected chi connectivity index (χ2v) is 4.71. The van der Waals surface area contributed by atoms with Crippen molar-refractivity contribution >= 4 is 0 Å². The second-order valence-electron chi connectivity index (χ2n) is 4.71. The van der Waals surface area contributed by atoms with Gasteiger partial charge in [-0.1, -0.05) is 6.92 Å². The van der Waals surface area contributed by atoms with Crippen LogP contribution >= 0.6 is 0 Å². The van der Waals surface area contributed by atoms with E-state index in [-0.39, 0.29) is 6.04 Å². The van der Waals surface area contributed by atoms with Crippen LogP contribution in [0.2, 0.25) is 0 Å². The number of nitrogens with one attached hydrogen (secondary N) is 1. The Bertz CT molecular complexity index is 357. The normalized spacial score (nSPS) is 21.9. The fourth-order valence-electron chi connectivity index (χ4n) is 2.39. The zero-order chi connectivity index (χ0) is 12.3. The van der Waals surface area contributed by atoms with E-state index in [0.29, 0.717) is 5.92 Å². The zero-order valence-corrected chi connectivity index (χ0v) is 10.6. The summed E-state index contributed by atoms with van der Waals surface area (Å²) in [7, 11) is 1.99. The quantitative estimate of drug-likeness (QED) is 0.575. The van der Waals surface area contributed by atoms with Crippen molar-refractivity contribution in [3.05, 3.63) is 17.5 Å². The highest BCUT2D eigenvalue weighted by molar-refractivity contribution is 5.12. The van der Waals surface area contributed by atoms with E-state index in [4.69, 9.17) is 10.6 Å². The Labute approximate surface area is 102 Å². The number of nitrogens with zero attached hydrogens (tertiary/aromatic N) is 2. The van der Waals surface area contributed by atoms with Crippen LogP contribution < -0.4 is 11.3 Å². The van der Waals surface area contributed by atoms with Crippen LogP contribution in [-0.2, 0) is 24.6 Å². The van der Waals surface area contributed by atoms with Crippen molar-refractivity contribution in [1.82, 2.24) is 15.2 Å². The molecule has 0 aliphatic carbocycles. The van der Waals surface area contributed by atoms with E-state index in [2.05, 4.69) is 23.5 Å². The highest BCUT2D eigenvalue weighted by atomic mass is 16.5. The molecule has 0 radical (unpaired) electrons. The summed E-state index contributed by atoms with van der Waals surface area (Å²) in [5.41, 5.74) is 5.30. The molecule has 2 unspecified atom stereocenters. The van der Waals surface area contributed by atoms with Gasteiger partial charge in [-0.05, 0) is 18.9 Å². The van der Waals surface area contributed by atoms with Gasteiger partial charge in [0.2, 0.25) is 0 Å². The minimum atomic E-state index is 0.276. The van der Waals surface area contributed by atoms with Crippen LogP contribution in [0.25, 0.3) is 0 Å². The van der Waals surface area contributed by atoms with Crippen molar-refractivity contribution in [3.63, 3.8) is 0 Å². The summed E-state index contributed by atoms with van der Waals surface area (Å²) in [4.78, 5) is 0. The van der Waals surface area contributed by atoms with Gasteiger partial charge in [0, 0.05) is 37.7 Å². The van der Waals surface area contributed by atoms with E-state index in [1.54, 1.807) is 0 Å². The molecule has 2 atom stereocenters. The predicted molar refractivity (Wildman–Crippen MR) is 66.3 cm³/mol. The molecule has 5 nitrogen and oxygen atoms in total. The summed E-state index contributed by atoms with van der Waals surface area (Å²) in [6.07, 6.45) is 2.97. The van der Waals surface area contributed by atoms with Gasteiger partial charge in [0.25, 0.3) is 0 Å². The van der Waals surface area contributed by atoms with E-state index in [9.17, 15) is 0 Å². The number of hydrogen-bond donors (Lipinski definition) is 2. The van der Waals surface area contributed by atoms with Crippen molar-refractivity contribution in [2.75, 3.05) is 13.2 Å². The Kier molecular flexibility index (Phi) is 4.15. The van der Waals surface area contributed by atoms with Gasteiger partial charge in [-0.2, -0.15) is 5.10 Å². The molecule has 0 amide bonds. The first-order valence-corrected chi connectivity index (χ1v) is 6.30. The predicted octanol–water partition coefficient (Wildman–Crippen LogP) is 0.393. The molecule has 0 spiro atoms. The molecule has 2 rings (SSSR count). The molecule has 1 saturated heterocycles. The molecule has 1 aliphatic heterocycles. The third kappa shape index (κ3) is 2.86. The van der Waals surface area contributed by atoms with Crippen molar-refractivity contribution < 1.29 is 4.74 Å². The third-order valence-electron chi connectivity index (χ3n) is 3.57. The Morgan fingerprint density at radius 2 is 2.53 bits per heavy atom. The van der Waals surface area contributed by atoms with Crippen LogP contribution in [0.15, 0.2) is 6.07 Å². The molecule has 3 N–H and O–H groups in total. The average molecular weight is 238 g/mol. The lowest BCUT2D eigenvalue weighted by Gasteiger charge is -2.21. The number of aryl methyl sites for hydroxylation is 2. The van der Waals surface area contributed by atoms with Crippen molar-refractivity contribution in [2.45, 2.75) is 32.2 Å². The number of hydrazine groups is 1. The van der Waals surface area contributed by atoms with Crippen LogP contribution in [0, 0.1) is 5.92 Å². The lowest BCUT2D eigenvalue weighted by molar-refractivity contribution is 0.176. The first-order valence-electron chi connectivity index (χ1n) is 6.30. The first-order chi connectivity index (χ1) is 8.24. The summed E-state index contributed by atoms with van der Waals surface area (Å²) in [5.74, 6) is 6.17. The van der Waals surface area contributed by atoms with E-state index < -0.39 is 0 Å². The maximum absolute atomic E-state index is 5.65. The first kappa shape index (κ1) is 12.5. The van der Waals surface area contributed by atoms with Crippen LogP contribution in [0.5, 0.6) is 0 Å². The van der Waals surface area contributed by atoms with Crippen molar-refractivity contribution in [1.29, 1.82) is 0 Å². The zero-order valence-electron chi connectivity index (χ0n) is 10.6. The standard InChI is InChI=1S/C12H22N4O/c1-3-10-6-11(16(2)15-10)7-12(14-13)9-4-5-17-8-9/h6,9,12,14H,3-5,7-8,13H2,1-2H3. The maximum atomic E-state index is 5.65. The fourth-order valence-corrected chi connectivity index (χ4v) is 2.39. The number of nitrogens with two attached hydrogens (primary N) is 1. The van der Waals surface area contributed by atoms with E-state index >= 15 is 0 Å². The minimum absolute atomic E-state index is 0.276. The molecular weight excluding hydrogens is 216 g/mol. The molecule has 1 aliphatic rings. The van der Waals surface area contributed by atoms with Gasteiger partial charge in [-0.25, -0.2) is 0 Å².